The molecule has 6 nitrogen and oxygen atoms in total. The monoisotopic (exact) mass is 398 g/mol. The van der Waals surface area contributed by atoms with Gasteiger partial charge >= 0.3 is 0 Å². The molecule has 0 spiro atoms. The van der Waals surface area contributed by atoms with Crippen LogP contribution < -0.4 is 14.2 Å². The Balaban J connectivity index is 1.61. The van der Waals surface area contributed by atoms with Gasteiger partial charge in [-0.3, -0.25) is 0 Å². The van der Waals surface area contributed by atoms with Crippen molar-refractivity contribution < 1.29 is 18.6 Å². The lowest BCUT2D eigenvalue weighted by Crippen LogP contribution is -2.06. The second-order valence-electron chi connectivity index (χ2n) is 6.48. The molecule has 1 heterocycles. The Kier molecular flexibility index (Phi) is 5.43. The molecule has 1 aliphatic rings. The fourth-order valence-corrected chi connectivity index (χ4v) is 4.63. The summed E-state index contributed by atoms with van der Waals surface area (Å²) in [7, 11) is 4.73. The largest absolute Gasteiger partial charge is 0.493 e. The van der Waals surface area contributed by atoms with Crippen LogP contribution in [0.15, 0.2) is 46.0 Å². The number of thioether (sulfide) groups is 1. The van der Waals surface area contributed by atoms with Crippen molar-refractivity contribution in [3.8, 4) is 28.7 Å². The molecule has 7 heteroatoms. The van der Waals surface area contributed by atoms with E-state index in [4.69, 9.17) is 18.6 Å². The summed E-state index contributed by atoms with van der Waals surface area (Å²) in [5.41, 5.74) is 3.50. The normalized spacial score (nSPS) is 15.8. The lowest BCUT2D eigenvalue weighted by atomic mass is 9.91. The van der Waals surface area contributed by atoms with Gasteiger partial charge in [0.15, 0.2) is 11.5 Å². The molecule has 0 N–H and O–H groups in total. The zero-order chi connectivity index (χ0) is 19.5. The summed E-state index contributed by atoms with van der Waals surface area (Å²) in [5, 5.41) is 9.36. The molecule has 2 aromatic carbocycles. The van der Waals surface area contributed by atoms with Crippen LogP contribution in [0, 0.1) is 0 Å². The molecule has 0 amide bonds. The van der Waals surface area contributed by atoms with Gasteiger partial charge in [-0.2, -0.15) is 0 Å². The van der Waals surface area contributed by atoms with Crippen molar-refractivity contribution >= 4 is 11.8 Å². The average Bonchev–Trinajstić information content (AvgIpc) is 3.21. The molecule has 0 saturated carbocycles. The number of benzene rings is 2. The number of rotatable bonds is 6. The second-order valence-corrected chi connectivity index (χ2v) is 7.64. The average molecular weight is 398 g/mol. The summed E-state index contributed by atoms with van der Waals surface area (Å²) >= 11 is 1.62. The fraction of sp³-hybridized carbons (Fsp3) is 0.333. The van der Waals surface area contributed by atoms with Gasteiger partial charge in [0.2, 0.25) is 11.6 Å². The quantitative estimate of drug-likeness (QED) is 0.583. The summed E-state index contributed by atoms with van der Waals surface area (Å²) in [6.07, 6.45) is 3.40. The van der Waals surface area contributed by atoms with Crippen molar-refractivity contribution in [3.63, 3.8) is 0 Å². The topological polar surface area (TPSA) is 66.6 Å². The van der Waals surface area contributed by atoms with Gasteiger partial charge in [-0.05, 0) is 42.5 Å². The maximum Gasteiger partial charge on any atom is 0.277 e. The van der Waals surface area contributed by atoms with E-state index in [0.29, 0.717) is 33.6 Å². The lowest BCUT2D eigenvalue weighted by Gasteiger charge is -2.23. The summed E-state index contributed by atoms with van der Waals surface area (Å²) in [4.78, 5) is 0. The van der Waals surface area contributed by atoms with Crippen LogP contribution in [0.25, 0.3) is 11.5 Å². The SMILES string of the molecule is COc1cc(-c2nnc(SC3CCCc4ccccc43)o2)cc(OC)c1OC. The third kappa shape index (κ3) is 3.54. The number of methoxy groups -OCH3 is 3. The molecule has 0 radical (unpaired) electrons. The van der Waals surface area contributed by atoms with Crippen molar-refractivity contribution in [2.45, 2.75) is 29.7 Å². The van der Waals surface area contributed by atoms with Crippen molar-refractivity contribution in [2.75, 3.05) is 21.3 Å². The van der Waals surface area contributed by atoms with Crippen LogP contribution in [0.3, 0.4) is 0 Å². The number of ether oxygens (including phenoxy) is 3. The molecular formula is C21H22N2O4S. The van der Waals surface area contributed by atoms with Crippen LogP contribution in [0.5, 0.6) is 17.2 Å². The zero-order valence-corrected chi connectivity index (χ0v) is 16.9. The minimum Gasteiger partial charge on any atom is -0.493 e. The minimum atomic E-state index is 0.332. The molecule has 146 valence electrons. The van der Waals surface area contributed by atoms with Gasteiger partial charge in [-0.25, -0.2) is 0 Å². The molecule has 3 aromatic rings. The van der Waals surface area contributed by atoms with E-state index in [9.17, 15) is 0 Å². The third-order valence-electron chi connectivity index (χ3n) is 4.88. The van der Waals surface area contributed by atoms with Gasteiger partial charge in [0, 0.05) is 10.8 Å². The zero-order valence-electron chi connectivity index (χ0n) is 16.1. The molecule has 4 rings (SSSR count). The minimum absolute atomic E-state index is 0.332. The molecule has 1 atom stereocenters. The molecule has 28 heavy (non-hydrogen) atoms. The van der Waals surface area contributed by atoms with Gasteiger partial charge in [-0.1, -0.05) is 36.0 Å². The Morgan fingerprint density at radius 1 is 1.00 bits per heavy atom. The molecule has 0 aliphatic heterocycles. The molecule has 0 bridgehead atoms. The van der Waals surface area contributed by atoms with Gasteiger partial charge in [0.25, 0.3) is 5.22 Å². The van der Waals surface area contributed by atoms with Crippen LogP contribution >= 0.6 is 11.8 Å². The number of hydrogen-bond acceptors (Lipinski definition) is 7. The first-order valence-electron chi connectivity index (χ1n) is 9.11. The highest BCUT2D eigenvalue weighted by Gasteiger charge is 2.24. The van der Waals surface area contributed by atoms with Crippen LogP contribution in [0.1, 0.15) is 29.2 Å². The number of aryl methyl sites for hydroxylation is 1. The van der Waals surface area contributed by atoms with Crippen molar-refractivity contribution in [1.82, 2.24) is 10.2 Å². The molecule has 0 saturated heterocycles. The predicted molar refractivity (Wildman–Crippen MR) is 107 cm³/mol. The Hall–Kier alpha value is -2.67. The smallest absolute Gasteiger partial charge is 0.277 e. The van der Waals surface area contributed by atoms with Crippen LogP contribution in [0.4, 0.5) is 0 Å². The number of aromatic nitrogens is 2. The van der Waals surface area contributed by atoms with E-state index in [0.717, 1.165) is 18.4 Å². The Labute approximate surface area is 168 Å². The standard InChI is InChI=1S/C21H22N2O4S/c1-24-16-11-14(12-17(25-2)19(16)26-3)20-22-23-21(27-20)28-18-10-6-8-13-7-4-5-9-15(13)18/h4-5,7,9,11-12,18H,6,8,10H2,1-3H3. The molecule has 1 aliphatic carbocycles. The van der Waals surface area contributed by atoms with E-state index in [1.807, 2.05) is 0 Å². The highest BCUT2D eigenvalue weighted by Crippen LogP contribution is 2.44. The second kappa shape index (κ2) is 8.14. The molecular weight excluding hydrogens is 376 g/mol. The first-order chi connectivity index (χ1) is 13.7. The van der Waals surface area contributed by atoms with E-state index in [1.54, 1.807) is 45.2 Å². The van der Waals surface area contributed by atoms with E-state index >= 15 is 0 Å². The Morgan fingerprint density at radius 2 is 1.75 bits per heavy atom. The van der Waals surface area contributed by atoms with Crippen LogP contribution in [-0.4, -0.2) is 31.5 Å². The van der Waals surface area contributed by atoms with Crippen LogP contribution in [-0.2, 0) is 6.42 Å². The van der Waals surface area contributed by atoms with Crippen molar-refractivity contribution in [1.29, 1.82) is 0 Å². The van der Waals surface area contributed by atoms with Gasteiger partial charge in [0.05, 0.1) is 21.3 Å². The van der Waals surface area contributed by atoms with E-state index in [1.165, 1.54) is 17.5 Å². The van der Waals surface area contributed by atoms with Crippen molar-refractivity contribution in [2.24, 2.45) is 0 Å². The Bertz CT molecular complexity index is 948. The van der Waals surface area contributed by atoms with Gasteiger partial charge < -0.3 is 18.6 Å². The summed E-state index contributed by atoms with van der Waals surface area (Å²) in [5.74, 6) is 2.04. The fourth-order valence-electron chi connectivity index (χ4n) is 3.53. The molecule has 0 fully saturated rings. The van der Waals surface area contributed by atoms with E-state index < -0.39 is 0 Å². The maximum absolute atomic E-state index is 5.95. The molecule has 1 unspecified atom stereocenters. The molecule has 1 aromatic heterocycles. The number of fused-ring (bicyclic) bond motifs is 1. The highest BCUT2D eigenvalue weighted by molar-refractivity contribution is 7.99. The number of hydrogen-bond donors (Lipinski definition) is 0. The summed E-state index contributed by atoms with van der Waals surface area (Å²) in [6.45, 7) is 0. The maximum atomic E-state index is 5.95. The third-order valence-corrected chi connectivity index (χ3v) is 6.02. The predicted octanol–water partition coefficient (Wildman–Crippen LogP) is 4.93. The first kappa shape index (κ1) is 18.7. The highest BCUT2D eigenvalue weighted by atomic mass is 32.2. The summed E-state index contributed by atoms with van der Waals surface area (Å²) < 4.78 is 22.1. The Morgan fingerprint density at radius 3 is 2.46 bits per heavy atom. The lowest BCUT2D eigenvalue weighted by molar-refractivity contribution is 0.324. The van der Waals surface area contributed by atoms with Crippen molar-refractivity contribution in [3.05, 3.63) is 47.5 Å². The number of nitrogens with zero attached hydrogens (tertiary/aromatic N) is 2. The van der Waals surface area contributed by atoms with Gasteiger partial charge in [0.1, 0.15) is 0 Å². The van der Waals surface area contributed by atoms with E-state index in [2.05, 4.69) is 34.5 Å². The van der Waals surface area contributed by atoms with E-state index in [-0.39, 0.29) is 0 Å². The van der Waals surface area contributed by atoms with Crippen LogP contribution in [0.2, 0.25) is 0 Å². The van der Waals surface area contributed by atoms with Gasteiger partial charge in [-0.15, -0.1) is 10.2 Å². The first-order valence-corrected chi connectivity index (χ1v) is 9.99. The summed E-state index contributed by atoms with van der Waals surface area (Å²) in [6, 6.07) is 12.2.